The Morgan fingerprint density at radius 2 is 2.18 bits per heavy atom. The maximum absolute atomic E-state index is 2.49. The zero-order valence-corrected chi connectivity index (χ0v) is 12.4. The van der Waals surface area contributed by atoms with Crippen molar-refractivity contribution in [2.75, 3.05) is 33.7 Å². The summed E-state index contributed by atoms with van der Waals surface area (Å²) in [5, 5.41) is 0. The molecule has 1 rings (SSSR count). The van der Waals surface area contributed by atoms with Gasteiger partial charge in [0.25, 0.3) is 0 Å². The van der Waals surface area contributed by atoms with Crippen molar-refractivity contribution in [1.29, 1.82) is 0 Å². The fourth-order valence-electron chi connectivity index (χ4n) is 2.94. The summed E-state index contributed by atoms with van der Waals surface area (Å²) in [6.07, 6.45) is 6.20. The first-order chi connectivity index (χ1) is 8.02. The van der Waals surface area contributed by atoms with Gasteiger partial charge in [-0.05, 0) is 51.6 Å². The first-order valence-corrected chi connectivity index (χ1v) is 7.09. The summed E-state index contributed by atoms with van der Waals surface area (Å²) in [5.41, 5.74) is 1.43. The minimum absolute atomic E-state index is 0.844. The lowest BCUT2D eigenvalue weighted by Crippen LogP contribution is -2.25. The van der Waals surface area contributed by atoms with E-state index in [0.717, 1.165) is 18.3 Å². The van der Waals surface area contributed by atoms with Gasteiger partial charge in [-0.15, -0.1) is 0 Å². The lowest BCUT2D eigenvalue weighted by Gasteiger charge is -2.26. The standard InChI is InChI=1S/C15H30N2/c1-6-7-14(3)17(5)12-15-8-9-16(4)11-13(2)10-15/h7,13,15H,6,8-12H2,1-5H3/b14-7+. The molecule has 17 heavy (non-hydrogen) atoms. The van der Waals surface area contributed by atoms with Crippen molar-refractivity contribution in [2.24, 2.45) is 11.8 Å². The zero-order valence-electron chi connectivity index (χ0n) is 12.4. The quantitative estimate of drug-likeness (QED) is 0.742. The maximum Gasteiger partial charge on any atom is 0.0200 e. The SMILES string of the molecule is CC/C=C(\C)N(C)CC1CCN(C)CC(C)C1. The number of nitrogens with zero attached hydrogens (tertiary/aromatic N) is 2. The first-order valence-electron chi connectivity index (χ1n) is 7.09. The van der Waals surface area contributed by atoms with Gasteiger partial charge in [-0.2, -0.15) is 0 Å². The lowest BCUT2D eigenvalue weighted by atomic mass is 9.94. The van der Waals surface area contributed by atoms with Crippen LogP contribution in [0.2, 0.25) is 0 Å². The Bertz CT molecular complexity index is 247. The molecule has 0 spiro atoms. The molecule has 0 saturated carbocycles. The van der Waals surface area contributed by atoms with E-state index in [1.54, 1.807) is 0 Å². The van der Waals surface area contributed by atoms with Crippen LogP contribution in [-0.2, 0) is 0 Å². The summed E-state index contributed by atoms with van der Waals surface area (Å²) in [7, 11) is 4.49. The Balaban J connectivity index is 2.47. The smallest absolute Gasteiger partial charge is 0.0200 e. The summed E-state index contributed by atoms with van der Waals surface area (Å²) in [6.45, 7) is 10.6. The van der Waals surface area contributed by atoms with E-state index in [1.807, 2.05) is 0 Å². The highest BCUT2D eigenvalue weighted by atomic mass is 15.1. The molecule has 1 aliphatic rings. The summed E-state index contributed by atoms with van der Waals surface area (Å²) in [5.74, 6) is 1.71. The van der Waals surface area contributed by atoms with Gasteiger partial charge in [0.1, 0.15) is 0 Å². The van der Waals surface area contributed by atoms with Crippen LogP contribution in [0, 0.1) is 11.8 Å². The number of likely N-dealkylation sites (tertiary alicyclic amines) is 1. The average molecular weight is 238 g/mol. The van der Waals surface area contributed by atoms with E-state index in [0.29, 0.717) is 0 Å². The predicted molar refractivity (Wildman–Crippen MR) is 76.1 cm³/mol. The van der Waals surface area contributed by atoms with Gasteiger partial charge in [0.2, 0.25) is 0 Å². The molecule has 0 bridgehead atoms. The van der Waals surface area contributed by atoms with Crippen molar-refractivity contribution in [3.8, 4) is 0 Å². The van der Waals surface area contributed by atoms with Gasteiger partial charge in [-0.1, -0.05) is 19.9 Å². The molecule has 0 amide bonds. The molecule has 1 fully saturated rings. The van der Waals surface area contributed by atoms with Gasteiger partial charge in [0.15, 0.2) is 0 Å². The molecule has 100 valence electrons. The molecular formula is C15H30N2. The second-order valence-electron chi connectivity index (χ2n) is 5.89. The van der Waals surface area contributed by atoms with Crippen LogP contribution in [0.3, 0.4) is 0 Å². The van der Waals surface area contributed by atoms with Gasteiger partial charge in [-0.25, -0.2) is 0 Å². The van der Waals surface area contributed by atoms with Crippen LogP contribution in [0.1, 0.15) is 40.0 Å². The average Bonchev–Trinajstić information content (AvgIpc) is 2.40. The number of hydrogen-bond acceptors (Lipinski definition) is 2. The van der Waals surface area contributed by atoms with E-state index in [9.17, 15) is 0 Å². The molecule has 0 aliphatic carbocycles. The van der Waals surface area contributed by atoms with Crippen molar-refractivity contribution in [1.82, 2.24) is 9.80 Å². The van der Waals surface area contributed by atoms with E-state index in [2.05, 4.69) is 50.7 Å². The topological polar surface area (TPSA) is 6.48 Å². The highest BCUT2D eigenvalue weighted by Crippen LogP contribution is 2.22. The predicted octanol–water partition coefficient (Wildman–Crippen LogP) is 3.21. The van der Waals surface area contributed by atoms with Crippen LogP contribution in [0.15, 0.2) is 11.8 Å². The highest BCUT2D eigenvalue weighted by molar-refractivity contribution is 4.96. The maximum atomic E-state index is 2.49. The second-order valence-corrected chi connectivity index (χ2v) is 5.89. The van der Waals surface area contributed by atoms with Crippen LogP contribution in [0.25, 0.3) is 0 Å². The highest BCUT2D eigenvalue weighted by Gasteiger charge is 2.20. The van der Waals surface area contributed by atoms with E-state index < -0.39 is 0 Å². The molecule has 1 heterocycles. The van der Waals surface area contributed by atoms with Gasteiger partial charge in [0, 0.05) is 25.8 Å². The monoisotopic (exact) mass is 238 g/mol. The summed E-state index contributed by atoms with van der Waals surface area (Å²) >= 11 is 0. The Morgan fingerprint density at radius 3 is 2.82 bits per heavy atom. The minimum atomic E-state index is 0.844. The third-order valence-corrected chi connectivity index (χ3v) is 3.91. The Labute approximate surface area is 108 Å². The summed E-state index contributed by atoms with van der Waals surface area (Å²) in [6, 6.07) is 0. The van der Waals surface area contributed by atoms with Crippen molar-refractivity contribution in [2.45, 2.75) is 40.0 Å². The number of rotatable bonds is 4. The van der Waals surface area contributed by atoms with Crippen molar-refractivity contribution < 1.29 is 0 Å². The molecule has 2 nitrogen and oxygen atoms in total. The van der Waals surface area contributed by atoms with E-state index in [-0.39, 0.29) is 0 Å². The van der Waals surface area contributed by atoms with Crippen molar-refractivity contribution in [3.63, 3.8) is 0 Å². The Kier molecular flexibility index (Phi) is 6.04. The molecule has 2 atom stereocenters. The third kappa shape index (κ3) is 5.12. The fourth-order valence-corrected chi connectivity index (χ4v) is 2.94. The van der Waals surface area contributed by atoms with Gasteiger partial charge in [-0.3, -0.25) is 0 Å². The normalized spacial score (nSPS) is 27.9. The molecular weight excluding hydrogens is 208 g/mol. The third-order valence-electron chi connectivity index (χ3n) is 3.91. The molecule has 0 radical (unpaired) electrons. The molecule has 2 heteroatoms. The largest absolute Gasteiger partial charge is 0.378 e. The summed E-state index contributed by atoms with van der Waals surface area (Å²) in [4.78, 5) is 4.92. The molecule has 0 aromatic heterocycles. The van der Waals surface area contributed by atoms with Crippen molar-refractivity contribution >= 4 is 0 Å². The van der Waals surface area contributed by atoms with Gasteiger partial charge in [0.05, 0.1) is 0 Å². The minimum Gasteiger partial charge on any atom is -0.378 e. The molecule has 0 N–H and O–H groups in total. The van der Waals surface area contributed by atoms with Crippen LogP contribution >= 0.6 is 0 Å². The Hall–Kier alpha value is -0.500. The van der Waals surface area contributed by atoms with Gasteiger partial charge < -0.3 is 9.80 Å². The fraction of sp³-hybridized carbons (Fsp3) is 0.867. The zero-order chi connectivity index (χ0) is 12.8. The Morgan fingerprint density at radius 1 is 1.47 bits per heavy atom. The van der Waals surface area contributed by atoms with E-state index in [4.69, 9.17) is 0 Å². The lowest BCUT2D eigenvalue weighted by molar-refractivity contribution is 0.294. The molecule has 0 aromatic carbocycles. The van der Waals surface area contributed by atoms with Crippen LogP contribution < -0.4 is 0 Å². The van der Waals surface area contributed by atoms with Gasteiger partial charge >= 0.3 is 0 Å². The van der Waals surface area contributed by atoms with E-state index in [1.165, 1.54) is 38.2 Å². The summed E-state index contributed by atoms with van der Waals surface area (Å²) < 4.78 is 0. The molecule has 1 saturated heterocycles. The number of hydrogen-bond donors (Lipinski definition) is 0. The van der Waals surface area contributed by atoms with Crippen LogP contribution in [-0.4, -0.2) is 43.5 Å². The second kappa shape index (κ2) is 7.05. The first kappa shape index (κ1) is 14.6. The molecule has 1 aliphatic heterocycles. The molecule has 0 aromatic rings. The molecule has 2 unspecified atom stereocenters. The number of allylic oxidation sites excluding steroid dienone is 2. The van der Waals surface area contributed by atoms with E-state index >= 15 is 0 Å². The van der Waals surface area contributed by atoms with Crippen LogP contribution in [0.5, 0.6) is 0 Å². The van der Waals surface area contributed by atoms with Crippen molar-refractivity contribution in [3.05, 3.63) is 11.8 Å². The van der Waals surface area contributed by atoms with Crippen LogP contribution in [0.4, 0.5) is 0 Å².